The minimum atomic E-state index is -0.903. The van der Waals surface area contributed by atoms with E-state index in [1.807, 2.05) is 0 Å². The van der Waals surface area contributed by atoms with Crippen molar-refractivity contribution in [2.75, 3.05) is 19.0 Å². The number of benzene rings is 1. The molecule has 0 aliphatic rings. The first-order chi connectivity index (χ1) is 12.9. The van der Waals surface area contributed by atoms with Crippen LogP contribution in [0.4, 0.5) is 5.82 Å². The van der Waals surface area contributed by atoms with Gasteiger partial charge in [0.15, 0.2) is 12.4 Å². The van der Waals surface area contributed by atoms with Crippen molar-refractivity contribution < 1.29 is 28.4 Å². The van der Waals surface area contributed by atoms with Gasteiger partial charge in [-0.3, -0.25) is 9.59 Å². The summed E-state index contributed by atoms with van der Waals surface area (Å²) < 4.78 is 14.6. The molecule has 1 aromatic heterocycles. The van der Waals surface area contributed by atoms with E-state index >= 15 is 0 Å². The Bertz CT molecular complexity index is 771. The number of rotatable bonds is 8. The molecule has 0 saturated carbocycles. The zero-order valence-electron chi connectivity index (χ0n) is 15.2. The lowest BCUT2D eigenvalue weighted by Gasteiger charge is -2.20. The van der Waals surface area contributed by atoms with Gasteiger partial charge in [-0.1, -0.05) is 19.0 Å². The Labute approximate surface area is 156 Å². The SMILES string of the molecule is COc1ccc(C(=O)N[C@H](C(=O)OCC(=O)Nc2ccon2)C(C)C)cc1. The highest BCUT2D eigenvalue weighted by Gasteiger charge is 2.26. The lowest BCUT2D eigenvalue weighted by molar-refractivity contribution is -0.150. The maximum Gasteiger partial charge on any atom is 0.329 e. The van der Waals surface area contributed by atoms with E-state index in [1.165, 1.54) is 19.4 Å². The van der Waals surface area contributed by atoms with E-state index in [-0.39, 0.29) is 11.7 Å². The highest BCUT2D eigenvalue weighted by Crippen LogP contribution is 2.12. The Hall–Kier alpha value is -3.36. The van der Waals surface area contributed by atoms with Crippen LogP contribution in [-0.4, -0.2) is 42.7 Å². The van der Waals surface area contributed by atoms with Crippen LogP contribution in [0.1, 0.15) is 24.2 Å². The van der Waals surface area contributed by atoms with Crippen LogP contribution in [-0.2, 0) is 14.3 Å². The fourth-order valence-corrected chi connectivity index (χ4v) is 2.15. The monoisotopic (exact) mass is 375 g/mol. The number of carbonyl (C=O) groups is 3. The summed E-state index contributed by atoms with van der Waals surface area (Å²) in [5.74, 6) is -1.11. The van der Waals surface area contributed by atoms with E-state index in [4.69, 9.17) is 9.47 Å². The van der Waals surface area contributed by atoms with Gasteiger partial charge in [-0.25, -0.2) is 4.79 Å². The Kier molecular flexibility index (Phi) is 6.93. The van der Waals surface area contributed by atoms with Crippen molar-refractivity contribution in [3.8, 4) is 5.75 Å². The number of esters is 1. The van der Waals surface area contributed by atoms with Crippen LogP contribution in [0.15, 0.2) is 41.1 Å². The Balaban J connectivity index is 1.91. The van der Waals surface area contributed by atoms with Crippen molar-refractivity contribution in [2.24, 2.45) is 5.92 Å². The van der Waals surface area contributed by atoms with Gasteiger partial charge in [-0.05, 0) is 30.2 Å². The number of anilines is 1. The molecule has 2 amide bonds. The van der Waals surface area contributed by atoms with Crippen LogP contribution >= 0.6 is 0 Å². The van der Waals surface area contributed by atoms with Gasteiger partial charge in [0, 0.05) is 11.6 Å². The first-order valence-electron chi connectivity index (χ1n) is 8.22. The predicted octanol–water partition coefficient (Wildman–Crippen LogP) is 1.62. The molecule has 1 heterocycles. The highest BCUT2D eigenvalue weighted by molar-refractivity contribution is 5.97. The van der Waals surface area contributed by atoms with Crippen LogP contribution in [0.2, 0.25) is 0 Å². The van der Waals surface area contributed by atoms with Gasteiger partial charge < -0.3 is 24.6 Å². The predicted molar refractivity (Wildman–Crippen MR) is 95.2 cm³/mol. The van der Waals surface area contributed by atoms with E-state index in [9.17, 15) is 14.4 Å². The molecule has 1 atom stereocenters. The Morgan fingerprint density at radius 3 is 2.41 bits per heavy atom. The lowest BCUT2D eigenvalue weighted by atomic mass is 10.0. The van der Waals surface area contributed by atoms with Crippen LogP contribution < -0.4 is 15.4 Å². The third-order valence-electron chi connectivity index (χ3n) is 3.61. The lowest BCUT2D eigenvalue weighted by Crippen LogP contribution is -2.45. The number of nitrogens with zero attached hydrogens (tertiary/aromatic N) is 1. The molecule has 0 unspecified atom stereocenters. The van der Waals surface area contributed by atoms with Gasteiger partial charge in [-0.2, -0.15) is 0 Å². The number of nitrogens with one attached hydrogen (secondary N) is 2. The second-order valence-electron chi connectivity index (χ2n) is 5.96. The minimum absolute atomic E-state index is 0.212. The molecule has 0 saturated heterocycles. The Morgan fingerprint density at radius 2 is 1.85 bits per heavy atom. The summed E-state index contributed by atoms with van der Waals surface area (Å²) in [5, 5.41) is 8.55. The van der Waals surface area contributed by atoms with E-state index in [1.54, 1.807) is 38.1 Å². The van der Waals surface area contributed by atoms with Gasteiger partial charge in [-0.15, -0.1) is 0 Å². The molecule has 144 valence electrons. The number of hydrogen-bond donors (Lipinski definition) is 2. The van der Waals surface area contributed by atoms with E-state index in [0.717, 1.165) is 0 Å². The van der Waals surface area contributed by atoms with Gasteiger partial charge in [0.25, 0.3) is 11.8 Å². The van der Waals surface area contributed by atoms with Crippen molar-refractivity contribution in [1.29, 1.82) is 0 Å². The normalized spacial score (nSPS) is 11.6. The zero-order valence-corrected chi connectivity index (χ0v) is 15.2. The average molecular weight is 375 g/mol. The summed E-state index contributed by atoms with van der Waals surface area (Å²) in [6.07, 6.45) is 1.30. The zero-order chi connectivity index (χ0) is 19.8. The standard InChI is InChI=1S/C18H21N3O6/c1-11(2)16(20-17(23)12-4-6-13(25-3)7-5-12)18(24)26-10-15(22)19-14-8-9-27-21-14/h4-9,11,16H,10H2,1-3H3,(H,20,23)(H,19,21,22)/t16-/m0/s1. The molecule has 9 nitrogen and oxygen atoms in total. The Morgan fingerprint density at radius 1 is 1.15 bits per heavy atom. The number of aromatic nitrogens is 1. The maximum atomic E-state index is 12.4. The largest absolute Gasteiger partial charge is 0.497 e. The molecule has 27 heavy (non-hydrogen) atoms. The quantitative estimate of drug-likeness (QED) is 0.673. The molecular weight excluding hydrogens is 354 g/mol. The van der Waals surface area contributed by atoms with E-state index < -0.39 is 30.4 Å². The fourth-order valence-electron chi connectivity index (χ4n) is 2.15. The second-order valence-corrected chi connectivity index (χ2v) is 5.96. The molecule has 0 bridgehead atoms. The molecule has 1 aromatic carbocycles. The van der Waals surface area contributed by atoms with Crippen LogP contribution in [0.5, 0.6) is 5.75 Å². The minimum Gasteiger partial charge on any atom is -0.497 e. The van der Waals surface area contributed by atoms with E-state index in [0.29, 0.717) is 11.3 Å². The molecular formula is C18H21N3O6. The third kappa shape index (κ3) is 5.84. The van der Waals surface area contributed by atoms with Gasteiger partial charge in [0.2, 0.25) is 0 Å². The maximum absolute atomic E-state index is 12.4. The van der Waals surface area contributed by atoms with Crippen LogP contribution in [0, 0.1) is 5.92 Å². The summed E-state index contributed by atoms with van der Waals surface area (Å²) in [6, 6.07) is 7.01. The first kappa shape index (κ1) is 20.0. The smallest absolute Gasteiger partial charge is 0.329 e. The van der Waals surface area contributed by atoms with E-state index in [2.05, 4.69) is 20.3 Å². The highest BCUT2D eigenvalue weighted by atomic mass is 16.5. The van der Waals surface area contributed by atoms with Crippen molar-refractivity contribution in [1.82, 2.24) is 10.5 Å². The van der Waals surface area contributed by atoms with Crippen molar-refractivity contribution >= 4 is 23.6 Å². The van der Waals surface area contributed by atoms with Crippen molar-refractivity contribution in [2.45, 2.75) is 19.9 Å². The van der Waals surface area contributed by atoms with Crippen molar-refractivity contribution in [3.05, 3.63) is 42.2 Å². The topological polar surface area (TPSA) is 120 Å². The van der Waals surface area contributed by atoms with Gasteiger partial charge >= 0.3 is 5.97 Å². The summed E-state index contributed by atoms with van der Waals surface area (Å²) in [6.45, 7) is 3.01. The van der Waals surface area contributed by atoms with Crippen molar-refractivity contribution in [3.63, 3.8) is 0 Å². The number of methoxy groups -OCH3 is 1. The van der Waals surface area contributed by atoms with Gasteiger partial charge in [0.1, 0.15) is 18.1 Å². The molecule has 0 aliphatic carbocycles. The molecule has 0 fully saturated rings. The number of amides is 2. The van der Waals surface area contributed by atoms with Crippen LogP contribution in [0.25, 0.3) is 0 Å². The third-order valence-corrected chi connectivity index (χ3v) is 3.61. The van der Waals surface area contributed by atoms with Gasteiger partial charge in [0.05, 0.1) is 7.11 Å². The summed E-state index contributed by atoms with van der Waals surface area (Å²) >= 11 is 0. The summed E-state index contributed by atoms with van der Waals surface area (Å²) in [7, 11) is 1.53. The molecule has 0 radical (unpaired) electrons. The number of ether oxygens (including phenoxy) is 2. The summed E-state index contributed by atoms with van der Waals surface area (Å²) in [5.41, 5.74) is 0.373. The molecule has 9 heteroatoms. The molecule has 2 rings (SSSR count). The van der Waals surface area contributed by atoms with Crippen LogP contribution in [0.3, 0.4) is 0 Å². The first-order valence-corrected chi connectivity index (χ1v) is 8.22. The molecule has 0 spiro atoms. The summed E-state index contributed by atoms with van der Waals surface area (Å²) in [4.78, 5) is 36.4. The number of hydrogen-bond acceptors (Lipinski definition) is 7. The number of carbonyl (C=O) groups excluding carboxylic acids is 3. The average Bonchev–Trinajstić information content (AvgIpc) is 3.16. The molecule has 2 N–H and O–H groups in total. The fraction of sp³-hybridized carbons (Fsp3) is 0.333. The molecule has 2 aromatic rings. The molecule has 0 aliphatic heterocycles. The second kappa shape index (κ2) is 9.37.